The van der Waals surface area contributed by atoms with Crippen LogP contribution in [-0.4, -0.2) is 6.18 Å². The molecule has 0 bridgehead atoms. The number of alkyl halides is 3. The quantitative estimate of drug-likeness (QED) is 0.559. The van der Waals surface area contributed by atoms with Gasteiger partial charge < -0.3 is 0 Å². The Morgan fingerprint density at radius 1 is 1.14 bits per heavy atom. The van der Waals surface area contributed by atoms with E-state index in [0.717, 1.165) is 0 Å². The molecule has 14 heavy (non-hydrogen) atoms. The van der Waals surface area contributed by atoms with E-state index in [9.17, 15) is 13.2 Å². The summed E-state index contributed by atoms with van der Waals surface area (Å²) in [6.07, 6.45) is -4.43. The highest BCUT2D eigenvalue weighted by Crippen LogP contribution is 2.22. The van der Waals surface area contributed by atoms with E-state index >= 15 is 0 Å². The van der Waals surface area contributed by atoms with Crippen molar-refractivity contribution in [3.05, 3.63) is 48.0 Å². The number of halogens is 3. The molecule has 0 aliphatic heterocycles. The number of rotatable bonds is 0. The third kappa shape index (κ3) is 2.98. The first kappa shape index (κ1) is 10.4. The Balaban J connectivity index is 2.80. The first-order chi connectivity index (χ1) is 6.50. The van der Waals surface area contributed by atoms with Gasteiger partial charge in [-0.15, -0.1) is 0 Å². The van der Waals surface area contributed by atoms with Crippen molar-refractivity contribution in [3.63, 3.8) is 0 Å². The molecule has 0 aliphatic rings. The van der Waals surface area contributed by atoms with E-state index < -0.39 is 11.7 Å². The van der Waals surface area contributed by atoms with Gasteiger partial charge in [0.15, 0.2) is 0 Å². The van der Waals surface area contributed by atoms with Crippen LogP contribution in [0.4, 0.5) is 13.2 Å². The van der Waals surface area contributed by atoms with Gasteiger partial charge in [-0.3, -0.25) is 0 Å². The predicted octanol–water partition coefficient (Wildman–Crippen LogP) is 3.16. The number of benzene rings is 1. The second kappa shape index (κ2) is 4.01. The highest BCUT2D eigenvalue weighted by atomic mass is 19.4. The molecule has 0 spiro atoms. The molecular formula is C11H7F3. The summed E-state index contributed by atoms with van der Waals surface area (Å²) >= 11 is 0. The molecule has 0 heterocycles. The largest absolute Gasteiger partial charge is 0.423 e. The van der Waals surface area contributed by atoms with Gasteiger partial charge >= 0.3 is 6.18 Å². The SMILES string of the molecule is C=C(C#Cc1ccccc1)C(F)(F)F. The third-order valence-electron chi connectivity index (χ3n) is 1.47. The lowest BCUT2D eigenvalue weighted by Gasteiger charge is -2.01. The van der Waals surface area contributed by atoms with Crippen molar-refractivity contribution in [2.75, 3.05) is 0 Å². The van der Waals surface area contributed by atoms with Crippen LogP contribution in [0.2, 0.25) is 0 Å². The third-order valence-corrected chi connectivity index (χ3v) is 1.47. The zero-order valence-corrected chi connectivity index (χ0v) is 7.23. The average molecular weight is 196 g/mol. The summed E-state index contributed by atoms with van der Waals surface area (Å²) in [4.78, 5) is 0. The van der Waals surface area contributed by atoms with E-state index in [1.807, 2.05) is 5.92 Å². The number of hydrogen-bond acceptors (Lipinski definition) is 0. The molecule has 0 radical (unpaired) electrons. The van der Waals surface area contributed by atoms with Gasteiger partial charge in [-0.2, -0.15) is 13.2 Å². The van der Waals surface area contributed by atoms with Crippen molar-refractivity contribution < 1.29 is 13.2 Å². The second-order valence-electron chi connectivity index (χ2n) is 2.59. The maximum absolute atomic E-state index is 11.9. The second-order valence-corrected chi connectivity index (χ2v) is 2.59. The van der Waals surface area contributed by atoms with Crippen LogP contribution in [-0.2, 0) is 0 Å². The lowest BCUT2D eigenvalue weighted by Crippen LogP contribution is -2.08. The van der Waals surface area contributed by atoms with E-state index in [0.29, 0.717) is 5.56 Å². The fourth-order valence-corrected chi connectivity index (χ4v) is 0.740. The van der Waals surface area contributed by atoms with Gasteiger partial charge in [0.1, 0.15) is 0 Å². The molecule has 1 aromatic carbocycles. The Bertz CT molecular complexity index is 376. The molecule has 1 aromatic rings. The topological polar surface area (TPSA) is 0 Å². The van der Waals surface area contributed by atoms with Gasteiger partial charge in [0.2, 0.25) is 0 Å². The van der Waals surface area contributed by atoms with Crippen molar-refractivity contribution >= 4 is 0 Å². The van der Waals surface area contributed by atoms with Crippen LogP contribution in [0.5, 0.6) is 0 Å². The van der Waals surface area contributed by atoms with Crippen LogP contribution in [0.3, 0.4) is 0 Å². The highest BCUT2D eigenvalue weighted by Gasteiger charge is 2.30. The van der Waals surface area contributed by atoms with Crippen LogP contribution in [0, 0.1) is 11.8 Å². The summed E-state index contributed by atoms with van der Waals surface area (Å²) < 4.78 is 35.8. The lowest BCUT2D eigenvalue weighted by atomic mass is 10.2. The maximum atomic E-state index is 11.9. The molecule has 0 nitrogen and oxygen atoms in total. The van der Waals surface area contributed by atoms with Crippen LogP contribution < -0.4 is 0 Å². The van der Waals surface area contributed by atoms with Crippen molar-refractivity contribution in [3.8, 4) is 11.8 Å². The van der Waals surface area contributed by atoms with Crippen molar-refractivity contribution in [1.29, 1.82) is 0 Å². The molecule has 0 fully saturated rings. The highest BCUT2D eigenvalue weighted by molar-refractivity contribution is 5.40. The lowest BCUT2D eigenvalue weighted by molar-refractivity contribution is -0.0868. The summed E-state index contributed by atoms with van der Waals surface area (Å²) in [6, 6.07) is 8.46. The summed E-state index contributed by atoms with van der Waals surface area (Å²) in [7, 11) is 0. The van der Waals surface area contributed by atoms with Crippen LogP contribution in [0.15, 0.2) is 42.5 Å². The van der Waals surface area contributed by atoms with Gasteiger partial charge in [0.25, 0.3) is 0 Å². The first-order valence-corrected chi connectivity index (χ1v) is 3.83. The molecular weight excluding hydrogens is 189 g/mol. The fourth-order valence-electron chi connectivity index (χ4n) is 0.740. The van der Waals surface area contributed by atoms with E-state index in [1.165, 1.54) is 0 Å². The Kier molecular flexibility index (Phi) is 2.98. The molecule has 0 aromatic heterocycles. The van der Waals surface area contributed by atoms with Gasteiger partial charge in [-0.05, 0) is 12.1 Å². The van der Waals surface area contributed by atoms with Gasteiger partial charge in [-0.1, -0.05) is 36.6 Å². The summed E-state index contributed by atoms with van der Waals surface area (Å²) in [5.74, 6) is 4.35. The first-order valence-electron chi connectivity index (χ1n) is 3.83. The molecule has 0 amide bonds. The summed E-state index contributed by atoms with van der Waals surface area (Å²) in [5, 5.41) is 0. The summed E-state index contributed by atoms with van der Waals surface area (Å²) in [5.41, 5.74) is -0.487. The molecule has 3 heteroatoms. The number of allylic oxidation sites excluding steroid dienone is 1. The Morgan fingerprint density at radius 2 is 1.71 bits per heavy atom. The molecule has 0 saturated carbocycles. The van der Waals surface area contributed by atoms with Crippen molar-refractivity contribution in [1.82, 2.24) is 0 Å². The smallest absolute Gasteiger partial charge is 0.165 e. The van der Waals surface area contributed by atoms with E-state index in [2.05, 4.69) is 12.5 Å². The number of hydrogen-bond donors (Lipinski definition) is 0. The molecule has 1 rings (SSSR count). The fraction of sp³-hybridized carbons (Fsp3) is 0.0909. The molecule has 0 aliphatic carbocycles. The average Bonchev–Trinajstić information content (AvgIpc) is 2.14. The maximum Gasteiger partial charge on any atom is 0.423 e. The van der Waals surface area contributed by atoms with Crippen LogP contribution in [0.25, 0.3) is 0 Å². The molecule has 0 saturated heterocycles. The van der Waals surface area contributed by atoms with Gasteiger partial charge in [-0.25, -0.2) is 0 Å². The van der Waals surface area contributed by atoms with Crippen molar-refractivity contribution in [2.24, 2.45) is 0 Å². The van der Waals surface area contributed by atoms with Crippen LogP contribution >= 0.6 is 0 Å². The van der Waals surface area contributed by atoms with Crippen LogP contribution in [0.1, 0.15) is 5.56 Å². The zero-order valence-electron chi connectivity index (χ0n) is 7.23. The van der Waals surface area contributed by atoms with Crippen molar-refractivity contribution in [2.45, 2.75) is 6.18 Å². The molecule has 0 N–H and O–H groups in total. The molecule has 72 valence electrons. The van der Waals surface area contributed by atoms with E-state index in [1.54, 1.807) is 30.3 Å². The normalized spacial score (nSPS) is 10.2. The van der Waals surface area contributed by atoms with E-state index in [4.69, 9.17) is 0 Å². The molecule has 0 unspecified atom stereocenters. The Hall–Kier alpha value is -1.69. The molecule has 0 atom stereocenters. The minimum atomic E-state index is -4.43. The standard InChI is InChI=1S/C11H7F3/c1-9(11(12,13)14)7-8-10-5-3-2-4-6-10/h2-6H,1H2. The zero-order chi connectivity index (χ0) is 10.6. The monoisotopic (exact) mass is 196 g/mol. The Morgan fingerprint density at radius 3 is 2.21 bits per heavy atom. The van der Waals surface area contributed by atoms with Gasteiger partial charge in [0.05, 0.1) is 5.57 Å². The minimum absolute atomic E-state index is 0.540. The van der Waals surface area contributed by atoms with E-state index in [-0.39, 0.29) is 0 Å². The minimum Gasteiger partial charge on any atom is -0.165 e. The summed E-state index contributed by atoms with van der Waals surface area (Å²) in [6.45, 7) is 2.84. The Labute approximate surface area is 80.1 Å². The van der Waals surface area contributed by atoms with Gasteiger partial charge in [0, 0.05) is 5.56 Å². The predicted molar refractivity (Wildman–Crippen MR) is 48.5 cm³/mol.